The Morgan fingerprint density at radius 3 is 2.15 bits per heavy atom. The first-order chi connectivity index (χ1) is 12.9. The van der Waals surface area contributed by atoms with Crippen molar-refractivity contribution in [2.45, 2.75) is 26.7 Å². The maximum atomic E-state index is 12.7. The van der Waals surface area contributed by atoms with Crippen molar-refractivity contribution in [2.75, 3.05) is 10.6 Å². The molecule has 0 aliphatic heterocycles. The highest BCUT2D eigenvalue weighted by Crippen LogP contribution is 2.23. The minimum atomic E-state index is -1.21. The molecule has 2 aromatic rings. The third-order valence-corrected chi connectivity index (χ3v) is 4.01. The van der Waals surface area contributed by atoms with Crippen LogP contribution in [-0.2, 0) is 22.4 Å². The Morgan fingerprint density at radius 1 is 0.926 bits per heavy atom. The first kappa shape index (κ1) is 19.9. The van der Waals surface area contributed by atoms with Crippen molar-refractivity contribution in [2.24, 2.45) is 0 Å². The predicted octanol–water partition coefficient (Wildman–Crippen LogP) is 3.64. The van der Waals surface area contributed by atoms with Crippen LogP contribution in [0.15, 0.2) is 54.6 Å². The highest BCUT2D eigenvalue weighted by molar-refractivity contribution is 6.07. The molecule has 0 bridgehead atoms. The van der Waals surface area contributed by atoms with E-state index in [4.69, 9.17) is 5.11 Å². The van der Waals surface area contributed by atoms with Crippen molar-refractivity contribution in [3.05, 3.63) is 71.3 Å². The fraction of sp³-hybridized carbons (Fsp3) is 0.190. The molecular formula is C21H22N2O4. The molecule has 27 heavy (non-hydrogen) atoms. The number of amides is 2. The lowest BCUT2D eigenvalue weighted by Gasteiger charge is -2.15. The molecule has 2 rings (SSSR count). The number of aryl methyl sites for hydroxylation is 2. The number of carboxylic acid groups (broad SMARTS) is 1. The molecular weight excluding hydrogens is 344 g/mol. The van der Waals surface area contributed by atoms with Crippen LogP contribution in [-0.4, -0.2) is 22.9 Å². The van der Waals surface area contributed by atoms with Crippen LogP contribution in [0.5, 0.6) is 0 Å². The fourth-order valence-corrected chi connectivity index (χ4v) is 2.66. The lowest BCUT2D eigenvalue weighted by Crippen LogP contribution is -2.15. The van der Waals surface area contributed by atoms with Gasteiger partial charge in [-0.3, -0.25) is 9.59 Å². The van der Waals surface area contributed by atoms with E-state index < -0.39 is 11.9 Å². The van der Waals surface area contributed by atoms with Crippen molar-refractivity contribution >= 4 is 29.2 Å². The zero-order valence-electron chi connectivity index (χ0n) is 15.3. The lowest BCUT2D eigenvalue weighted by molar-refractivity contribution is -0.131. The largest absolute Gasteiger partial charge is 0.478 e. The maximum Gasteiger partial charge on any atom is 0.328 e. The third kappa shape index (κ3) is 5.54. The van der Waals surface area contributed by atoms with Crippen molar-refractivity contribution in [1.29, 1.82) is 0 Å². The molecule has 0 aliphatic carbocycles. The molecule has 0 saturated heterocycles. The molecule has 0 fully saturated rings. The number of hydrogen-bond donors (Lipinski definition) is 3. The number of anilines is 2. The number of carbonyl (C=O) groups excluding carboxylic acids is 2. The quantitative estimate of drug-likeness (QED) is 0.652. The van der Waals surface area contributed by atoms with Crippen molar-refractivity contribution < 1.29 is 19.5 Å². The Labute approximate surface area is 157 Å². The lowest BCUT2D eigenvalue weighted by atomic mass is 10.0. The van der Waals surface area contributed by atoms with Gasteiger partial charge in [0, 0.05) is 29.1 Å². The molecule has 2 amide bonds. The second-order valence-corrected chi connectivity index (χ2v) is 5.85. The summed E-state index contributed by atoms with van der Waals surface area (Å²) in [6.07, 6.45) is 3.27. The summed E-state index contributed by atoms with van der Waals surface area (Å²) >= 11 is 0. The zero-order chi connectivity index (χ0) is 19.8. The molecule has 0 unspecified atom stereocenters. The zero-order valence-corrected chi connectivity index (χ0v) is 15.3. The van der Waals surface area contributed by atoms with E-state index in [-0.39, 0.29) is 5.91 Å². The number of para-hydroxylation sites is 1. The molecule has 0 aromatic heterocycles. The topological polar surface area (TPSA) is 95.5 Å². The van der Waals surface area contributed by atoms with E-state index in [2.05, 4.69) is 10.6 Å². The Hall–Kier alpha value is -3.41. The summed E-state index contributed by atoms with van der Waals surface area (Å²) in [5.41, 5.74) is 3.74. The van der Waals surface area contributed by atoms with Crippen LogP contribution in [0, 0.1) is 0 Å². The minimum Gasteiger partial charge on any atom is -0.478 e. The van der Waals surface area contributed by atoms with Crippen LogP contribution in [0.3, 0.4) is 0 Å². The second kappa shape index (κ2) is 9.33. The molecule has 3 N–H and O–H groups in total. The standard InChI is InChI=1S/C21H22N2O4/c1-3-14-7-5-8-15(4-2)20(14)23-21(27)16-9-6-10-17(13-16)22-18(24)11-12-19(25)26/h5-13H,3-4H2,1-2H3,(H,22,24)(H,23,27)(H,25,26). The molecule has 6 heteroatoms. The number of benzene rings is 2. The maximum absolute atomic E-state index is 12.7. The van der Waals surface area contributed by atoms with Crippen LogP contribution in [0.25, 0.3) is 0 Å². The fourth-order valence-electron chi connectivity index (χ4n) is 2.66. The molecule has 140 valence electrons. The number of nitrogens with one attached hydrogen (secondary N) is 2. The summed E-state index contributed by atoms with van der Waals surface area (Å²) in [4.78, 5) is 34.8. The summed E-state index contributed by atoms with van der Waals surface area (Å²) < 4.78 is 0. The summed E-state index contributed by atoms with van der Waals surface area (Å²) in [5, 5.41) is 14.1. The van der Waals surface area contributed by atoms with E-state index in [0.29, 0.717) is 11.3 Å². The highest BCUT2D eigenvalue weighted by atomic mass is 16.4. The van der Waals surface area contributed by atoms with Gasteiger partial charge in [-0.05, 0) is 42.2 Å². The number of carboxylic acids is 1. The summed E-state index contributed by atoms with van der Waals surface area (Å²) in [5.74, 6) is -2.07. The summed E-state index contributed by atoms with van der Waals surface area (Å²) in [6, 6.07) is 12.4. The minimum absolute atomic E-state index is 0.275. The van der Waals surface area contributed by atoms with E-state index in [9.17, 15) is 14.4 Å². The van der Waals surface area contributed by atoms with Gasteiger partial charge in [-0.2, -0.15) is 0 Å². The predicted molar refractivity (Wildman–Crippen MR) is 105 cm³/mol. The van der Waals surface area contributed by atoms with Crippen LogP contribution >= 0.6 is 0 Å². The van der Waals surface area contributed by atoms with Crippen LogP contribution < -0.4 is 10.6 Å². The molecule has 0 spiro atoms. The van der Waals surface area contributed by atoms with Gasteiger partial charge in [0.2, 0.25) is 5.91 Å². The van der Waals surface area contributed by atoms with Crippen LogP contribution in [0.4, 0.5) is 11.4 Å². The third-order valence-electron chi connectivity index (χ3n) is 4.01. The number of carbonyl (C=O) groups is 3. The smallest absolute Gasteiger partial charge is 0.328 e. The number of rotatable bonds is 7. The first-order valence-electron chi connectivity index (χ1n) is 8.68. The van der Waals surface area contributed by atoms with Gasteiger partial charge in [0.05, 0.1) is 0 Å². The molecule has 0 atom stereocenters. The number of aliphatic carboxylic acids is 1. The van der Waals surface area contributed by atoms with Gasteiger partial charge in [0.25, 0.3) is 5.91 Å². The van der Waals surface area contributed by atoms with Crippen LogP contribution in [0.1, 0.15) is 35.3 Å². The van der Waals surface area contributed by atoms with Gasteiger partial charge in [-0.1, -0.05) is 38.1 Å². The monoisotopic (exact) mass is 366 g/mol. The Morgan fingerprint density at radius 2 is 1.56 bits per heavy atom. The van der Waals surface area contributed by atoms with Gasteiger partial charge in [0.15, 0.2) is 0 Å². The summed E-state index contributed by atoms with van der Waals surface area (Å²) in [7, 11) is 0. The van der Waals surface area contributed by atoms with E-state index in [1.807, 2.05) is 32.0 Å². The summed E-state index contributed by atoms with van der Waals surface area (Å²) in [6.45, 7) is 4.07. The second-order valence-electron chi connectivity index (χ2n) is 5.85. The molecule has 0 heterocycles. The van der Waals surface area contributed by atoms with Crippen molar-refractivity contribution in [3.8, 4) is 0 Å². The van der Waals surface area contributed by atoms with E-state index in [1.165, 1.54) is 0 Å². The van der Waals surface area contributed by atoms with E-state index >= 15 is 0 Å². The number of hydrogen-bond acceptors (Lipinski definition) is 3. The van der Waals surface area contributed by atoms with Gasteiger partial charge in [-0.15, -0.1) is 0 Å². The Balaban J connectivity index is 2.19. The molecule has 2 aromatic carbocycles. The van der Waals surface area contributed by atoms with Gasteiger partial charge in [0.1, 0.15) is 0 Å². The van der Waals surface area contributed by atoms with Gasteiger partial charge < -0.3 is 15.7 Å². The molecule has 6 nitrogen and oxygen atoms in total. The van der Waals surface area contributed by atoms with Crippen LogP contribution in [0.2, 0.25) is 0 Å². The van der Waals surface area contributed by atoms with Gasteiger partial charge >= 0.3 is 5.97 Å². The molecule has 0 radical (unpaired) electrons. The Bertz CT molecular complexity index is 865. The molecule has 0 saturated carbocycles. The average molecular weight is 366 g/mol. The normalized spacial score (nSPS) is 10.6. The Kier molecular flexibility index (Phi) is 6.88. The van der Waals surface area contributed by atoms with Crippen molar-refractivity contribution in [1.82, 2.24) is 0 Å². The SMILES string of the molecule is CCc1cccc(CC)c1NC(=O)c1cccc(NC(=O)C=CC(=O)O)c1. The van der Waals surface area contributed by atoms with E-state index in [1.54, 1.807) is 24.3 Å². The first-order valence-corrected chi connectivity index (χ1v) is 8.68. The highest BCUT2D eigenvalue weighted by Gasteiger charge is 2.12. The van der Waals surface area contributed by atoms with Gasteiger partial charge in [-0.25, -0.2) is 4.79 Å². The average Bonchev–Trinajstić information content (AvgIpc) is 2.66. The van der Waals surface area contributed by atoms with E-state index in [0.717, 1.165) is 41.8 Å². The van der Waals surface area contributed by atoms with Crippen molar-refractivity contribution in [3.63, 3.8) is 0 Å². The molecule has 0 aliphatic rings.